The number of amides is 1. The standard InChI is InChI=1S/C24H28N4O/c1-28(2)16-15-25-21-13-14-23(26-18-21)27-24(29)17-22(19-9-5-3-6-10-19)20-11-7-4-8-12-20/h3-14,18,22,25H,15-17H2,1-2H3,(H,26,27,29). The van der Waals surface area contributed by atoms with Gasteiger partial charge in [0.15, 0.2) is 0 Å². The van der Waals surface area contributed by atoms with Gasteiger partial charge in [-0.1, -0.05) is 60.7 Å². The Hall–Kier alpha value is -3.18. The minimum Gasteiger partial charge on any atom is -0.383 e. The maximum Gasteiger partial charge on any atom is 0.226 e. The van der Waals surface area contributed by atoms with E-state index in [1.54, 1.807) is 6.20 Å². The van der Waals surface area contributed by atoms with Crippen molar-refractivity contribution in [2.75, 3.05) is 37.8 Å². The molecule has 2 N–H and O–H groups in total. The van der Waals surface area contributed by atoms with E-state index in [9.17, 15) is 4.79 Å². The lowest BCUT2D eigenvalue weighted by molar-refractivity contribution is -0.116. The number of benzene rings is 2. The first-order valence-electron chi connectivity index (χ1n) is 9.86. The summed E-state index contributed by atoms with van der Waals surface area (Å²) >= 11 is 0. The minimum absolute atomic E-state index is 0.00405. The van der Waals surface area contributed by atoms with E-state index < -0.39 is 0 Å². The topological polar surface area (TPSA) is 57.3 Å². The third kappa shape index (κ3) is 6.43. The highest BCUT2D eigenvalue weighted by atomic mass is 16.1. The van der Waals surface area contributed by atoms with Gasteiger partial charge >= 0.3 is 0 Å². The minimum atomic E-state index is -0.0523. The van der Waals surface area contributed by atoms with Crippen LogP contribution in [0.4, 0.5) is 11.5 Å². The van der Waals surface area contributed by atoms with Crippen LogP contribution in [0.25, 0.3) is 0 Å². The third-order valence-corrected chi connectivity index (χ3v) is 4.71. The van der Waals surface area contributed by atoms with Crippen LogP contribution in [0, 0.1) is 0 Å². The highest BCUT2D eigenvalue weighted by Crippen LogP contribution is 2.28. The maximum atomic E-state index is 12.7. The van der Waals surface area contributed by atoms with E-state index in [-0.39, 0.29) is 11.8 Å². The van der Waals surface area contributed by atoms with Crippen LogP contribution < -0.4 is 10.6 Å². The molecule has 0 radical (unpaired) electrons. The number of nitrogens with one attached hydrogen (secondary N) is 2. The van der Waals surface area contributed by atoms with Crippen molar-refractivity contribution in [2.45, 2.75) is 12.3 Å². The molecule has 2 aromatic carbocycles. The van der Waals surface area contributed by atoms with E-state index in [1.165, 1.54) is 0 Å². The zero-order chi connectivity index (χ0) is 20.5. The SMILES string of the molecule is CN(C)CCNc1ccc(NC(=O)CC(c2ccccc2)c2ccccc2)nc1. The van der Waals surface area contributed by atoms with Crippen molar-refractivity contribution in [2.24, 2.45) is 0 Å². The van der Waals surface area contributed by atoms with Crippen molar-refractivity contribution in [1.82, 2.24) is 9.88 Å². The molecule has 29 heavy (non-hydrogen) atoms. The van der Waals surface area contributed by atoms with E-state index in [1.807, 2.05) is 62.6 Å². The number of carbonyl (C=O) groups excluding carboxylic acids is 1. The van der Waals surface area contributed by atoms with Crippen LogP contribution in [-0.4, -0.2) is 43.0 Å². The normalized spacial score (nSPS) is 10.9. The molecule has 3 aromatic rings. The summed E-state index contributed by atoms with van der Waals surface area (Å²) in [7, 11) is 4.08. The molecule has 0 unspecified atom stereocenters. The molecule has 0 spiro atoms. The van der Waals surface area contributed by atoms with Gasteiger partial charge in [0.1, 0.15) is 5.82 Å². The number of carbonyl (C=O) groups is 1. The van der Waals surface area contributed by atoms with Crippen LogP contribution in [-0.2, 0) is 4.79 Å². The largest absolute Gasteiger partial charge is 0.383 e. The van der Waals surface area contributed by atoms with Gasteiger partial charge in [0, 0.05) is 25.4 Å². The van der Waals surface area contributed by atoms with Crippen LogP contribution in [0.15, 0.2) is 79.0 Å². The Morgan fingerprint density at radius 3 is 2.07 bits per heavy atom. The molecule has 0 saturated heterocycles. The second kappa shape index (κ2) is 10.4. The fourth-order valence-electron chi connectivity index (χ4n) is 3.17. The molecule has 0 bridgehead atoms. The fraction of sp³-hybridized carbons (Fsp3) is 0.250. The Labute approximate surface area is 172 Å². The lowest BCUT2D eigenvalue weighted by atomic mass is 9.88. The Morgan fingerprint density at radius 1 is 0.931 bits per heavy atom. The molecule has 0 fully saturated rings. The fourth-order valence-corrected chi connectivity index (χ4v) is 3.17. The zero-order valence-electron chi connectivity index (χ0n) is 17.0. The molecular weight excluding hydrogens is 360 g/mol. The first-order chi connectivity index (χ1) is 14.1. The smallest absolute Gasteiger partial charge is 0.226 e. The Morgan fingerprint density at radius 2 is 1.55 bits per heavy atom. The lowest BCUT2D eigenvalue weighted by Crippen LogP contribution is -2.21. The quantitative estimate of drug-likeness (QED) is 0.576. The van der Waals surface area contributed by atoms with Gasteiger partial charge in [0.25, 0.3) is 0 Å². The van der Waals surface area contributed by atoms with Crippen LogP contribution in [0.5, 0.6) is 0 Å². The van der Waals surface area contributed by atoms with Crippen molar-refractivity contribution in [3.63, 3.8) is 0 Å². The molecule has 0 atom stereocenters. The van der Waals surface area contributed by atoms with E-state index >= 15 is 0 Å². The van der Waals surface area contributed by atoms with E-state index in [2.05, 4.69) is 44.8 Å². The molecule has 1 amide bonds. The summed E-state index contributed by atoms with van der Waals surface area (Å²) in [6, 6.07) is 24.0. The van der Waals surface area contributed by atoms with Gasteiger partial charge in [-0.25, -0.2) is 4.98 Å². The number of rotatable bonds is 9. The Kier molecular flexibility index (Phi) is 7.36. The van der Waals surface area contributed by atoms with Gasteiger partial charge in [-0.15, -0.1) is 0 Å². The molecule has 0 aliphatic heterocycles. The average molecular weight is 389 g/mol. The molecule has 5 nitrogen and oxygen atoms in total. The molecule has 0 aliphatic rings. The van der Waals surface area contributed by atoms with Gasteiger partial charge in [0.05, 0.1) is 11.9 Å². The molecule has 0 aliphatic carbocycles. The molecule has 3 rings (SSSR count). The number of nitrogens with zero attached hydrogens (tertiary/aromatic N) is 2. The lowest BCUT2D eigenvalue weighted by Gasteiger charge is -2.18. The second-order valence-corrected chi connectivity index (χ2v) is 7.29. The highest BCUT2D eigenvalue weighted by Gasteiger charge is 2.18. The van der Waals surface area contributed by atoms with Crippen LogP contribution >= 0.6 is 0 Å². The van der Waals surface area contributed by atoms with Crippen molar-refractivity contribution in [3.05, 3.63) is 90.1 Å². The molecule has 1 heterocycles. The molecule has 150 valence electrons. The first-order valence-corrected chi connectivity index (χ1v) is 9.86. The van der Waals surface area contributed by atoms with E-state index in [4.69, 9.17) is 0 Å². The van der Waals surface area contributed by atoms with Gasteiger partial charge in [0.2, 0.25) is 5.91 Å². The number of hydrogen-bond donors (Lipinski definition) is 2. The van der Waals surface area contributed by atoms with Gasteiger partial charge in [-0.3, -0.25) is 4.79 Å². The van der Waals surface area contributed by atoms with Gasteiger partial charge < -0.3 is 15.5 Å². The maximum absolute atomic E-state index is 12.7. The Bertz CT molecular complexity index is 840. The molecule has 5 heteroatoms. The molecule has 0 saturated carbocycles. The number of anilines is 2. The Balaban J connectivity index is 1.63. The van der Waals surface area contributed by atoms with Crippen molar-refractivity contribution >= 4 is 17.4 Å². The third-order valence-electron chi connectivity index (χ3n) is 4.71. The van der Waals surface area contributed by atoms with E-state index in [0.29, 0.717) is 12.2 Å². The first kappa shape index (κ1) is 20.6. The summed E-state index contributed by atoms with van der Waals surface area (Å²) in [6.07, 6.45) is 2.11. The average Bonchev–Trinajstić information content (AvgIpc) is 2.74. The highest BCUT2D eigenvalue weighted by molar-refractivity contribution is 5.90. The van der Waals surface area contributed by atoms with Crippen LogP contribution in [0.3, 0.4) is 0 Å². The summed E-state index contributed by atoms with van der Waals surface area (Å²) in [5.74, 6) is 0.515. The summed E-state index contributed by atoms with van der Waals surface area (Å²) < 4.78 is 0. The molecular formula is C24H28N4O. The predicted molar refractivity (Wildman–Crippen MR) is 119 cm³/mol. The number of aromatic nitrogens is 1. The van der Waals surface area contributed by atoms with Crippen LogP contribution in [0.2, 0.25) is 0 Å². The summed E-state index contributed by atoms with van der Waals surface area (Å²) in [6.45, 7) is 1.79. The van der Waals surface area contributed by atoms with Crippen molar-refractivity contribution < 1.29 is 4.79 Å². The number of hydrogen-bond acceptors (Lipinski definition) is 4. The summed E-state index contributed by atoms with van der Waals surface area (Å²) in [5, 5.41) is 6.24. The number of pyridine rings is 1. The van der Waals surface area contributed by atoms with Crippen molar-refractivity contribution in [1.29, 1.82) is 0 Å². The van der Waals surface area contributed by atoms with Gasteiger partial charge in [-0.05, 0) is 37.4 Å². The van der Waals surface area contributed by atoms with Gasteiger partial charge in [-0.2, -0.15) is 0 Å². The summed E-state index contributed by atoms with van der Waals surface area (Å²) in [5.41, 5.74) is 3.20. The van der Waals surface area contributed by atoms with E-state index in [0.717, 1.165) is 29.9 Å². The molecule has 1 aromatic heterocycles. The predicted octanol–water partition coefficient (Wildman–Crippen LogP) is 4.22. The van der Waals surface area contributed by atoms with Crippen molar-refractivity contribution in [3.8, 4) is 0 Å². The monoisotopic (exact) mass is 388 g/mol. The summed E-state index contributed by atoms with van der Waals surface area (Å²) in [4.78, 5) is 19.2. The zero-order valence-corrected chi connectivity index (χ0v) is 17.0. The second-order valence-electron chi connectivity index (χ2n) is 7.29. The van der Waals surface area contributed by atoms with Crippen LogP contribution in [0.1, 0.15) is 23.5 Å². The number of likely N-dealkylation sites (N-methyl/N-ethyl adjacent to an activating group) is 1.